The number of hydrogen-bond donors (Lipinski definition) is 1. The molecule has 1 amide bonds. The highest BCUT2D eigenvalue weighted by Crippen LogP contribution is 2.29. The number of nitrogens with zero attached hydrogens (tertiary/aromatic N) is 1. The van der Waals surface area contributed by atoms with Crippen LogP contribution < -0.4 is 10.1 Å². The summed E-state index contributed by atoms with van der Waals surface area (Å²) in [4.78, 5) is 22.0. The lowest BCUT2D eigenvalue weighted by atomic mass is 10.3. The van der Waals surface area contributed by atoms with E-state index in [1.54, 1.807) is 19.1 Å². The van der Waals surface area contributed by atoms with E-state index in [0.717, 1.165) is 0 Å². The van der Waals surface area contributed by atoms with Crippen molar-refractivity contribution in [2.45, 2.75) is 19.6 Å². The van der Waals surface area contributed by atoms with E-state index in [1.165, 1.54) is 24.5 Å². The van der Waals surface area contributed by atoms with E-state index in [4.69, 9.17) is 20.8 Å². The average Bonchev–Trinajstić information content (AvgIpc) is 2.99. The van der Waals surface area contributed by atoms with Crippen LogP contribution in [0.2, 0.25) is 5.02 Å². The Balaban J connectivity index is 1.94. The SMILES string of the molecule is C[C@H](Oc1ccc([N+](=O)[O-])cc1Cl)C(=O)NCc1ccco1. The number of carbonyl (C=O) groups excluding carboxylic acids is 1. The summed E-state index contributed by atoms with van der Waals surface area (Å²) >= 11 is 5.90. The van der Waals surface area contributed by atoms with Crippen molar-refractivity contribution < 1.29 is 18.9 Å². The minimum atomic E-state index is -0.811. The Hall–Kier alpha value is -2.54. The molecular formula is C14H13ClN2O5. The van der Waals surface area contributed by atoms with Crippen LogP contribution in [0.1, 0.15) is 12.7 Å². The Morgan fingerprint density at radius 1 is 1.50 bits per heavy atom. The van der Waals surface area contributed by atoms with Crippen molar-refractivity contribution >= 4 is 23.2 Å². The smallest absolute Gasteiger partial charge is 0.271 e. The lowest BCUT2D eigenvalue weighted by Gasteiger charge is -2.15. The average molecular weight is 325 g/mol. The summed E-state index contributed by atoms with van der Waals surface area (Å²) in [6.45, 7) is 1.79. The van der Waals surface area contributed by atoms with Gasteiger partial charge in [-0.05, 0) is 25.1 Å². The highest BCUT2D eigenvalue weighted by atomic mass is 35.5. The molecule has 0 saturated carbocycles. The number of ether oxygens (including phenoxy) is 1. The summed E-state index contributed by atoms with van der Waals surface area (Å²) in [6.07, 6.45) is 0.701. The zero-order valence-electron chi connectivity index (χ0n) is 11.6. The van der Waals surface area contributed by atoms with Crippen LogP contribution in [0, 0.1) is 10.1 Å². The van der Waals surface area contributed by atoms with Gasteiger partial charge < -0.3 is 14.5 Å². The second kappa shape index (κ2) is 6.95. The Morgan fingerprint density at radius 2 is 2.27 bits per heavy atom. The Labute approximate surface area is 131 Å². The molecule has 116 valence electrons. The van der Waals surface area contributed by atoms with Gasteiger partial charge in [-0.1, -0.05) is 11.6 Å². The molecule has 1 N–H and O–H groups in total. The number of carbonyl (C=O) groups is 1. The molecular weight excluding hydrogens is 312 g/mol. The van der Waals surface area contributed by atoms with E-state index in [2.05, 4.69) is 5.32 Å². The van der Waals surface area contributed by atoms with Crippen molar-refractivity contribution in [3.8, 4) is 5.75 Å². The quantitative estimate of drug-likeness (QED) is 0.651. The first-order valence-electron chi connectivity index (χ1n) is 6.38. The summed E-state index contributed by atoms with van der Waals surface area (Å²) in [5, 5.41) is 13.3. The summed E-state index contributed by atoms with van der Waals surface area (Å²) in [5.74, 6) is 0.465. The minimum absolute atomic E-state index is 0.0693. The molecule has 0 aliphatic heterocycles. The van der Waals surface area contributed by atoms with Crippen LogP contribution in [-0.4, -0.2) is 16.9 Å². The fraction of sp³-hybridized carbons (Fsp3) is 0.214. The zero-order valence-corrected chi connectivity index (χ0v) is 12.4. The van der Waals surface area contributed by atoms with E-state index in [0.29, 0.717) is 5.76 Å². The van der Waals surface area contributed by atoms with Crippen molar-refractivity contribution in [1.82, 2.24) is 5.32 Å². The second-order valence-corrected chi connectivity index (χ2v) is 4.84. The largest absolute Gasteiger partial charge is 0.479 e. The highest BCUT2D eigenvalue weighted by molar-refractivity contribution is 6.32. The third-order valence-corrected chi connectivity index (χ3v) is 3.11. The van der Waals surface area contributed by atoms with Gasteiger partial charge in [0.15, 0.2) is 6.10 Å². The first-order valence-corrected chi connectivity index (χ1v) is 6.76. The number of nitro groups is 1. The Morgan fingerprint density at radius 3 is 2.86 bits per heavy atom. The number of rotatable bonds is 6. The van der Waals surface area contributed by atoms with E-state index in [1.807, 2.05) is 0 Å². The van der Waals surface area contributed by atoms with Gasteiger partial charge >= 0.3 is 0 Å². The Bertz CT molecular complexity index is 672. The van der Waals surface area contributed by atoms with Crippen LogP contribution >= 0.6 is 11.6 Å². The van der Waals surface area contributed by atoms with Crippen LogP contribution in [0.25, 0.3) is 0 Å². The molecule has 0 fully saturated rings. The number of non-ortho nitro benzene ring substituents is 1. The van der Waals surface area contributed by atoms with Gasteiger partial charge in [0.05, 0.1) is 22.8 Å². The zero-order chi connectivity index (χ0) is 16.1. The van der Waals surface area contributed by atoms with Crippen LogP contribution in [0.5, 0.6) is 5.75 Å². The van der Waals surface area contributed by atoms with Crippen LogP contribution in [0.3, 0.4) is 0 Å². The number of halogens is 1. The molecule has 1 aromatic carbocycles. The Kier molecular flexibility index (Phi) is 5.00. The van der Waals surface area contributed by atoms with Gasteiger partial charge in [-0.15, -0.1) is 0 Å². The molecule has 22 heavy (non-hydrogen) atoms. The summed E-state index contributed by atoms with van der Waals surface area (Å²) in [6, 6.07) is 7.24. The van der Waals surface area contributed by atoms with E-state index < -0.39 is 11.0 Å². The third kappa shape index (κ3) is 3.98. The predicted octanol–water partition coefficient (Wildman–Crippen LogP) is 2.92. The van der Waals surface area contributed by atoms with Gasteiger partial charge in [-0.25, -0.2) is 0 Å². The molecule has 0 unspecified atom stereocenters. The number of hydrogen-bond acceptors (Lipinski definition) is 5. The van der Waals surface area contributed by atoms with Crippen molar-refractivity contribution in [2.75, 3.05) is 0 Å². The first-order chi connectivity index (χ1) is 10.5. The number of amides is 1. The van der Waals surface area contributed by atoms with E-state index in [-0.39, 0.29) is 28.9 Å². The van der Waals surface area contributed by atoms with Crippen molar-refractivity contribution in [1.29, 1.82) is 0 Å². The molecule has 8 heteroatoms. The number of furan rings is 1. The lowest BCUT2D eigenvalue weighted by Crippen LogP contribution is -2.35. The maximum Gasteiger partial charge on any atom is 0.271 e. The second-order valence-electron chi connectivity index (χ2n) is 4.43. The molecule has 0 spiro atoms. The monoisotopic (exact) mass is 324 g/mol. The van der Waals surface area contributed by atoms with Gasteiger partial charge in [-0.3, -0.25) is 14.9 Å². The van der Waals surface area contributed by atoms with Crippen LogP contribution in [0.4, 0.5) is 5.69 Å². The summed E-state index contributed by atoms with van der Waals surface area (Å²) in [7, 11) is 0. The van der Waals surface area contributed by atoms with Crippen LogP contribution in [-0.2, 0) is 11.3 Å². The van der Waals surface area contributed by atoms with Gasteiger partial charge in [0.25, 0.3) is 11.6 Å². The first kappa shape index (κ1) is 15.8. The van der Waals surface area contributed by atoms with Gasteiger partial charge in [-0.2, -0.15) is 0 Å². The van der Waals surface area contributed by atoms with Gasteiger partial charge in [0.1, 0.15) is 11.5 Å². The molecule has 1 atom stereocenters. The molecule has 0 radical (unpaired) electrons. The topological polar surface area (TPSA) is 94.6 Å². The van der Waals surface area contributed by atoms with Crippen molar-refractivity contribution in [2.24, 2.45) is 0 Å². The van der Waals surface area contributed by atoms with Gasteiger partial charge in [0, 0.05) is 12.1 Å². The molecule has 0 saturated heterocycles. The maximum atomic E-state index is 11.9. The molecule has 1 aromatic heterocycles. The fourth-order valence-corrected chi connectivity index (χ4v) is 1.89. The van der Waals surface area contributed by atoms with Crippen molar-refractivity contribution in [3.63, 3.8) is 0 Å². The molecule has 7 nitrogen and oxygen atoms in total. The molecule has 0 aliphatic carbocycles. The third-order valence-electron chi connectivity index (χ3n) is 2.82. The lowest BCUT2D eigenvalue weighted by molar-refractivity contribution is -0.384. The number of benzene rings is 1. The van der Waals surface area contributed by atoms with Crippen molar-refractivity contribution in [3.05, 3.63) is 57.5 Å². The summed E-state index contributed by atoms with van der Waals surface area (Å²) in [5.41, 5.74) is -0.146. The van der Waals surface area contributed by atoms with E-state index >= 15 is 0 Å². The van der Waals surface area contributed by atoms with E-state index in [9.17, 15) is 14.9 Å². The normalized spacial score (nSPS) is 11.7. The minimum Gasteiger partial charge on any atom is -0.479 e. The molecule has 0 aliphatic rings. The molecule has 1 heterocycles. The molecule has 2 rings (SSSR count). The van der Waals surface area contributed by atoms with Crippen LogP contribution in [0.15, 0.2) is 41.0 Å². The number of nitrogens with one attached hydrogen (secondary N) is 1. The molecule has 2 aromatic rings. The standard InChI is InChI=1S/C14H13ClN2O5/c1-9(14(18)16-8-11-3-2-6-21-11)22-13-5-4-10(17(19)20)7-12(13)15/h2-7,9H,8H2,1H3,(H,16,18)/t9-/m0/s1. The predicted molar refractivity (Wildman–Crippen MR) is 78.8 cm³/mol. The fourth-order valence-electron chi connectivity index (χ4n) is 1.67. The number of nitro benzene ring substituents is 1. The highest BCUT2D eigenvalue weighted by Gasteiger charge is 2.17. The van der Waals surface area contributed by atoms with Gasteiger partial charge in [0.2, 0.25) is 0 Å². The molecule has 0 bridgehead atoms. The summed E-state index contributed by atoms with van der Waals surface area (Å²) < 4.78 is 10.5. The maximum absolute atomic E-state index is 11.9.